The Morgan fingerprint density at radius 2 is 1.56 bits per heavy atom. The molecule has 8 nitrogen and oxygen atoms in total. The highest BCUT2D eigenvalue weighted by molar-refractivity contribution is 5.95. The summed E-state index contributed by atoms with van der Waals surface area (Å²) >= 11 is 0. The normalized spacial score (nSPS) is 11.1. The van der Waals surface area contributed by atoms with E-state index in [0.29, 0.717) is 17.9 Å². The minimum Gasteiger partial charge on any atom is -0.351 e. The molecule has 1 N–H and O–H groups in total. The molecule has 1 amide bonds. The third kappa shape index (κ3) is 4.60. The third-order valence-corrected chi connectivity index (χ3v) is 5.42. The summed E-state index contributed by atoms with van der Waals surface area (Å²) in [5, 5.41) is 3.00. The van der Waals surface area contributed by atoms with Crippen LogP contribution in [0.15, 0.2) is 73.6 Å². The lowest BCUT2D eigenvalue weighted by atomic mass is 10.1. The number of anilines is 3. The fourth-order valence-corrected chi connectivity index (χ4v) is 3.62. The van der Waals surface area contributed by atoms with Crippen molar-refractivity contribution in [3.05, 3.63) is 79.1 Å². The predicted octanol–water partition coefficient (Wildman–Crippen LogP) is 3.67. The molecule has 8 heteroatoms. The van der Waals surface area contributed by atoms with Crippen molar-refractivity contribution in [1.29, 1.82) is 0 Å². The van der Waals surface area contributed by atoms with E-state index in [4.69, 9.17) is 0 Å². The maximum absolute atomic E-state index is 12.6. The van der Waals surface area contributed by atoms with Gasteiger partial charge in [-0.3, -0.25) is 14.7 Å². The molecule has 0 radical (unpaired) electrons. The zero-order chi connectivity index (χ0) is 22.3. The summed E-state index contributed by atoms with van der Waals surface area (Å²) in [6.07, 6.45) is 10.7. The molecule has 0 saturated heterocycles. The van der Waals surface area contributed by atoms with Gasteiger partial charge in [-0.1, -0.05) is 13.8 Å². The van der Waals surface area contributed by atoms with Crippen LogP contribution in [0.2, 0.25) is 0 Å². The number of carbonyl (C=O) groups is 1. The van der Waals surface area contributed by atoms with E-state index in [0.717, 1.165) is 36.7 Å². The van der Waals surface area contributed by atoms with Gasteiger partial charge in [0.05, 0.1) is 5.69 Å². The zero-order valence-corrected chi connectivity index (χ0v) is 18.3. The van der Waals surface area contributed by atoms with E-state index < -0.39 is 0 Å². The number of nitrogens with one attached hydrogen (secondary N) is 1. The second-order valence-electron chi connectivity index (χ2n) is 7.28. The highest BCUT2D eigenvalue weighted by Gasteiger charge is 2.18. The Morgan fingerprint density at radius 1 is 0.906 bits per heavy atom. The number of amides is 1. The van der Waals surface area contributed by atoms with E-state index in [1.165, 1.54) is 0 Å². The summed E-state index contributed by atoms with van der Waals surface area (Å²) in [6.45, 7) is 7.66. The molecule has 0 fully saturated rings. The topological polar surface area (TPSA) is 78.7 Å². The van der Waals surface area contributed by atoms with Crippen LogP contribution >= 0.6 is 0 Å². The number of rotatable bonds is 9. The first kappa shape index (κ1) is 21.5. The molecule has 0 bridgehead atoms. The number of imidazole rings is 1. The van der Waals surface area contributed by atoms with Crippen molar-refractivity contribution < 1.29 is 4.79 Å². The average molecular weight is 430 g/mol. The van der Waals surface area contributed by atoms with Crippen LogP contribution < -0.4 is 10.2 Å². The first-order valence-corrected chi connectivity index (χ1v) is 10.8. The maximum atomic E-state index is 12.6. The first-order chi connectivity index (χ1) is 15.7. The summed E-state index contributed by atoms with van der Waals surface area (Å²) in [6, 6.07) is 11.4. The van der Waals surface area contributed by atoms with Crippen molar-refractivity contribution in [3.8, 4) is 0 Å². The lowest BCUT2D eigenvalue weighted by molar-refractivity contribution is 0.0949. The number of carbonyl (C=O) groups excluding carboxylic acids is 1. The largest absolute Gasteiger partial charge is 0.351 e. The van der Waals surface area contributed by atoms with Crippen LogP contribution in [0.1, 0.15) is 24.2 Å². The van der Waals surface area contributed by atoms with Gasteiger partial charge in [0.15, 0.2) is 11.5 Å². The molecule has 4 aromatic rings. The number of pyridine rings is 1. The summed E-state index contributed by atoms with van der Waals surface area (Å²) in [5.41, 5.74) is 3.14. The lowest BCUT2D eigenvalue weighted by Crippen LogP contribution is -2.34. The van der Waals surface area contributed by atoms with E-state index in [-0.39, 0.29) is 5.91 Å². The van der Waals surface area contributed by atoms with Gasteiger partial charge in [-0.2, -0.15) is 0 Å². The van der Waals surface area contributed by atoms with Crippen LogP contribution in [0.5, 0.6) is 0 Å². The first-order valence-electron chi connectivity index (χ1n) is 10.8. The van der Waals surface area contributed by atoms with Crippen LogP contribution in [0.3, 0.4) is 0 Å². The smallest absolute Gasteiger partial charge is 0.251 e. The van der Waals surface area contributed by atoms with E-state index in [1.54, 1.807) is 24.8 Å². The number of fused-ring (bicyclic) bond motifs is 1. The molecule has 0 aliphatic heterocycles. The van der Waals surface area contributed by atoms with Crippen molar-refractivity contribution in [2.45, 2.75) is 13.8 Å². The average Bonchev–Trinajstić information content (AvgIpc) is 3.33. The summed E-state index contributed by atoms with van der Waals surface area (Å²) in [4.78, 5) is 30.1. The third-order valence-electron chi connectivity index (χ3n) is 5.42. The highest BCUT2D eigenvalue weighted by atomic mass is 16.1. The van der Waals surface area contributed by atoms with Gasteiger partial charge in [-0.05, 0) is 49.5 Å². The Morgan fingerprint density at radius 3 is 2.25 bits per heavy atom. The minimum absolute atomic E-state index is 0.0762. The quantitative estimate of drug-likeness (QED) is 0.437. The maximum Gasteiger partial charge on any atom is 0.251 e. The summed E-state index contributed by atoms with van der Waals surface area (Å²) in [5.74, 6) is 0.618. The van der Waals surface area contributed by atoms with E-state index in [9.17, 15) is 4.79 Å². The zero-order valence-electron chi connectivity index (χ0n) is 18.3. The molecule has 3 aromatic heterocycles. The van der Waals surface area contributed by atoms with Crippen LogP contribution in [0, 0.1) is 0 Å². The second kappa shape index (κ2) is 10.0. The van der Waals surface area contributed by atoms with Gasteiger partial charge >= 0.3 is 0 Å². The van der Waals surface area contributed by atoms with Gasteiger partial charge in [0.25, 0.3) is 5.91 Å². The Kier molecular flexibility index (Phi) is 6.72. The standard InChI is InChI=1S/C24H27N7O/c1-3-29(4-2)16-13-28-24(32)19-5-7-20(8-6-19)31(21-9-11-25-12-10-21)23-22-26-14-17-30(22)18-15-27-23/h5-12,14-15,17-18H,3-4,13,16H2,1-2H3,(H,28,32). The van der Waals surface area contributed by atoms with Crippen LogP contribution in [-0.4, -0.2) is 56.3 Å². The molecule has 0 atom stereocenters. The lowest BCUT2D eigenvalue weighted by Gasteiger charge is -2.24. The number of likely N-dealkylation sites (N-methyl/N-ethyl adjacent to an activating group) is 1. The molecule has 164 valence electrons. The van der Waals surface area contributed by atoms with Gasteiger partial charge in [0.2, 0.25) is 0 Å². The van der Waals surface area contributed by atoms with Crippen molar-refractivity contribution in [1.82, 2.24) is 29.6 Å². The molecule has 0 aliphatic rings. The van der Waals surface area contributed by atoms with Gasteiger partial charge in [0.1, 0.15) is 0 Å². The Balaban J connectivity index is 1.59. The number of nitrogens with zero attached hydrogens (tertiary/aromatic N) is 6. The minimum atomic E-state index is -0.0762. The van der Waals surface area contributed by atoms with Gasteiger partial charge < -0.3 is 14.6 Å². The van der Waals surface area contributed by atoms with Crippen molar-refractivity contribution in [2.75, 3.05) is 31.1 Å². The van der Waals surface area contributed by atoms with Gasteiger partial charge in [-0.15, -0.1) is 0 Å². The van der Waals surface area contributed by atoms with Crippen molar-refractivity contribution in [2.24, 2.45) is 0 Å². The molecule has 3 heterocycles. The molecular weight excluding hydrogens is 402 g/mol. The molecule has 1 aromatic carbocycles. The fraction of sp³-hybridized carbons (Fsp3) is 0.250. The Labute approximate surface area is 187 Å². The van der Waals surface area contributed by atoms with Crippen LogP contribution in [0.4, 0.5) is 17.2 Å². The predicted molar refractivity (Wildman–Crippen MR) is 126 cm³/mol. The molecule has 0 saturated carbocycles. The molecule has 4 rings (SSSR count). The SMILES string of the molecule is CCN(CC)CCNC(=O)c1ccc(N(c2ccncc2)c2nccn3ccnc23)cc1. The molecule has 0 aliphatic carbocycles. The van der Waals surface area contributed by atoms with E-state index in [1.807, 2.05) is 58.1 Å². The molecular formula is C24H27N7O. The Hall–Kier alpha value is -3.78. The summed E-state index contributed by atoms with van der Waals surface area (Å²) < 4.78 is 1.92. The monoisotopic (exact) mass is 429 g/mol. The Bertz CT molecular complexity index is 1150. The number of benzene rings is 1. The van der Waals surface area contributed by atoms with Crippen molar-refractivity contribution >= 4 is 28.7 Å². The van der Waals surface area contributed by atoms with E-state index in [2.05, 4.69) is 39.0 Å². The van der Waals surface area contributed by atoms with Crippen molar-refractivity contribution in [3.63, 3.8) is 0 Å². The second-order valence-corrected chi connectivity index (χ2v) is 7.28. The van der Waals surface area contributed by atoms with Crippen LogP contribution in [0.25, 0.3) is 5.65 Å². The molecule has 0 unspecified atom stereocenters. The number of hydrogen-bond acceptors (Lipinski definition) is 6. The van der Waals surface area contributed by atoms with Gasteiger partial charge in [-0.25, -0.2) is 9.97 Å². The number of hydrogen-bond donors (Lipinski definition) is 1. The summed E-state index contributed by atoms with van der Waals surface area (Å²) in [7, 11) is 0. The van der Waals surface area contributed by atoms with E-state index >= 15 is 0 Å². The van der Waals surface area contributed by atoms with Crippen LogP contribution in [-0.2, 0) is 0 Å². The molecule has 32 heavy (non-hydrogen) atoms. The highest BCUT2D eigenvalue weighted by Crippen LogP contribution is 2.34. The van der Waals surface area contributed by atoms with Gasteiger partial charge in [0, 0.05) is 61.5 Å². The molecule has 0 spiro atoms. The fourth-order valence-electron chi connectivity index (χ4n) is 3.62. The number of aromatic nitrogens is 4.